The summed E-state index contributed by atoms with van der Waals surface area (Å²) in [6.07, 6.45) is 7.90. The molecule has 0 fully saturated rings. The van der Waals surface area contributed by atoms with Gasteiger partial charge in [-0.05, 0) is 23.3 Å². The summed E-state index contributed by atoms with van der Waals surface area (Å²) in [5.74, 6) is 1.74. The molecular weight excluding hydrogens is 342 g/mol. The van der Waals surface area contributed by atoms with Crippen LogP contribution in [-0.4, -0.2) is 14.8 Å². The number of rotatable bonds is 3. The highest BCUT2D eigenvalue weighted by atomic mass is 15.3. The van der Waals surface area contributed by atoms with E-state index in [1.807, 2.05) is 36.4 Å². The lowest BCUT2D eigenvalue weighted by Gasteiger charge is -2.41. The lowest BCUT2D eigenvalue weighted by molar-refractivity contribution is 0.170. The van der Waals surface area contributed by atoms with Crippen LogP contribution in [-0.2, 0) is 0 Å². The van der Waals surface area contributed by atoms with Gasteiger partial charge in [-0.25, -0.2) is 0 Å². The minimum absolute atomic E-state index is 0.129. The van der Waals surface area contributed by atoms with Crippen molar-refractivity contribution >= 4 is 5.70 Å². The Morgan fingerprint density at radius 2 is 1.32 bits per heavy atom. The molecule has 0 spiro atoms. The highest BCUT2D eigenvalue weighted by molar-refractivity contribution is 5.74. The summed E-state index contributed by atoms with van der Waals surface area (Å²) in [7, 11) is 0. The fourth-order valence-electron chi connectivity index (χ4n) is 3.52. The molecule has 0 saturated heterocycles. The van der Waals surface area contributed by atoms with Gasteiger partial charge in [0.15, 0.2) is 11.6 Å². The Kier molecular flexibility index (Phi) is 4.54. The molecule has 0 aliphatic heterocycles. The number of aromatic nitrogens is 3. The molecule has 4 rings (SSSR count). The van der Waals surface area contributed by atoms with Crippen molar-refractivity contribution in [3.63, 3.8) is 0 Å². The first-order chi connectivity index (χ1) is 13.4. The summed E-state index contributed by atoms with van der Waals surface area (Å²) in [6.45, 7) is 9.25. The molecule has 0 radical (unpaired) electrons. The van der Waals surface area contributed by atoms with Crippen molar-refractivity contribution < 1.29 is 0 Å². The number of hydrogen-bond acceptors (Lipinski definition) is 2. The molecule has 0 bridgehead atoms. The summed E-state index contributed by atoms with van der Waals surface area (Å²) in [5.41, 5.74) is 3.59. The highest BCUT2D eigenvalue weighted by Crippen LogP contribution is 2.46. The van der Waals surface area contributed by atoms with Crippen LogP contribution < -0.4 is 0 Å². The van der Waals surface area contributed by atoms with Crippen molar-refractivity contribution in [1.82, 2.24) is 14.8 Å². The van der Waals surface area contributed by atoms with Crippen LogP contribution in [0.1, 0.15) is 34.1 Å². The van der Waals surface area contributed by atoms with E-state index in [0.29, 0.717) is 0 Å². The minimum atomic E-state index is 0.129. The smallest absolute Gasteiger partial charge is 0.168 e. The zero-order valence-electron chi connectivity index (χ0n) is 17.1. The maximum absolute atomic E-state index is 4.56. The molecule has 0 N–H and O–H groups in total. The Morgan fingerprint density at radius 1 is 0.821 bits per heavy atom. The third kappa shape index (κ3) is 3.22. The normalized spacial score (nSPS) is 19.5. The molecule has 2 aromatic carbocycles. The van der Waals surface area contributed by atoms with Crippen LogP contribution in [0, 0.1) is 10.8 Å². The molecule has 1 unspecified atom stereocenters. The van der Waals surface area contributed by atoms with E-state index in [-0.39, 0.29) is 10.8 Å². The van der Waals surface area contributed by atoms with E-state index in [9.17, 15) is 0 Å². The van der Waals surface area contributed by atoms with Crippen LogP contribution in [0.5, 0.6) is 0 Å². The van der Waals surface area contributed by atoms with Gasteiger partial charge >= 0.3 is 0 Å². The molecule has 3 aromatic rings. The molecule has 0 amide bonds. The van der Waals surface area contributed by atoms with Crippen LogP contribution in [0.3, 0.4) is 0 Å². The predicted molar refractivity (Wildman–Crippen MR) is 116 cm³/mol. The monoisotopic (exact) mass is 369 g/mol. The van der Waals surface area contributed by atoms with E-state index in [2.05, 4.69) is 85.0 Å². The van der Waals surface area contributed by atoms with E-state index < -0.39 is 0 Å². The van der Waals surface area contributed by atoms with Gasteiger partial charge in [-0.2, -0.15) is 0 Å². The van der Waals surface area contributed by atoms with Gasteiger partial charge in [0.2, 0.25) is 0 Å². The van der Waals surface area contributed by atoms with Crippen LogP contribution in [0.15, 0.2) is 78.9 Å². The van der Waals surface area contributed by atoms with Gasteiger partial charge in [-0.3, -0.25) is 4.57 Å². The van der Waals surface area contributed by atoms with Crippen molar-refractivity contribution in [3.8, 4) is 22.8 Å². The molecule has 3 heteroatoms. The maximum atomic E-state index is 4.56. The third-order valence-electron chi connectivity index (χ3n) is 6.06. The summed E-state index contributed by atoms with van der Waals surface area (Å²) in [5, 5.41) is 9.12. The Bertz CT molecular complexity index is 964. The van der Waals surface area contributed by atoms with Gasteiger partial charge in [0, 0.05) is 16.8 Å². The molecule has 1 aromatic heterocycles. The van der Waals surface area contributed by atoms with Gasteiger partial charge in [0.1, 0.15) is 0 Å². The average molecular weight is 370 g/mol. The quantitative estimate of drug-likeness (QED) is 0.530. The molecule has 142 valence electrons. The van der Waals surface area contributed by atoms with Crippen LogP contribution in [0.2, 0.25) is 0 Å². The lowest BCUT2D eigenvalue weighted by atomic mass is 9.64. The van der Waals surface area contributed by atoms with Crippen molar-refractivity contribution in [2.24, 2.45) is 10.8 Å². The van der Waals surface area contributed by atoms with E-state index in [0.717, 1.165) is 34.9 Å². The number of benzene rings is 2. The Balaban J connectivity index is 1.84. The first-order valence-corrected chi connectivity index (χ1v) is 9.85. The number of allylic oxidation sites excluding steroid dienone is 4. The first-order valence-electron chi connectivity index (χ1n) is 9.85. The van der Waals surface area contributed by atoms with Crippen molar-refractivity contribution in [2.45, 2.75) is 34.1 Å². The average Bonchev–Trinajstić information content (AvgIpc) is 3.14. The fraction of sp³-hybridized carbons (Fsp3) is 0.280. The van der Waals surface area contributed by atoms with Crippen LogP contribution >= 0.6 is 0 Å². The van der Waals surface area contributed by atoms with Gasteiger partial charge in [-0.1, -0.05) is 101 Å². The zero-order valence-corrected chi connectivity index (χ0v) is 17.1. The second-order valence-corrected chi connectivity index (χ2v) is 8.75. The number of nitrogens with zero attached hydrogens (tertiary/aromatic N) is 3. The molecular formula is C25H27N3. The topological polar surface area (TPSA) is 30.7 Å². The molecule has 1 atom stereocenters. The first kappa shape index (κ1) is 18.4. The van der Waals surface area contributed by atoms with Crippen LogP contribution in [0.4, 0.5) is 0 Å². The molecule has 1 aliphatic rings. The van der Waals surface area contributed by atoms with Gasteiger partial charge < -0.3 is 0 Å². The number of hydrogen-bond donors (Lipinski definition) is 0. The summed E-state index contributed by atoms with van der Waals surface area (Å²) in [4.78, 5) is 0. The SMILES string of the molecule is CC(C)(C)C1(C)C=CC(n2c(-c3ccccc3)nnc2-c2ccccc2)=CC1. The molecule has 3 nitrogen and oxygen atoms in total. The second-order valence-electron chi connectivity index (χ2n) is 8.75. The Hall–Kier alpha value is -2.94. The Morgan fingerprint density at radius 3 is 1.71 bits per heavy atom. The lowest BCUT2D eigenvalue weighted by Crippen LogP contribution is -2.31. The van der Waals surface area contributed by atoms with Crippen molar-refractivity contribution in [3.05, 3.63) is 78.9 Å². The third-order valence-corrected chi connectivity index (χ3v) is 6.06. The Labute approximate surface area is 167 Å². The summed E-state index contributed by atoms with van der Waals surface area (Å²) < 4.78 is 2.18. The van der Waals surface area contributed by atoms with E-state index in [4.69, 9.17) is 0 Å². The molecule has 28 heavy (non-hydrogen) atoms. The van der Waals surface area contributed by atoms with Crippen molar-refractivity contribution in [2.75, 3.05) is 0 Å². The van der Waals surface area contributed by atoms with Crippen molar-refractivity contribution in [1.29, 1.82) is 0 Å². The maximum Gasteiger partial charge on any atom is 0.168 e. The highest BCUT2D eigenvalue weighted by Gasteiger charge is 2.36. The largest absolute Gasteiger partial charge is 0.275 e. The van der Waals surface area contributed by atoms with E-state index in [1.165, 1.54) is 0 Å². The summed E-state index contributed by atoms with van der Waals surface area (Å²) in [6, 6.07) is 20.5. The minimum Gasteiger partial charge on any atom is -0.275 e. The fourth-order valence-corrected chi connectivity index (χ4v) is 3.52. The van der Waals surface area contributed by atoms with Gasteiger partial charge in [0.25, 0.3) is 0 Å². The van der Waals surface area contributed by atoms with Gasteiger partial charge in [-0.15, -0.1) is 10.2 Å². The van der Waals surface area contributed by atoms with E-state index >= 15 is 0 Å². The second kappa shape index (κ2) is 6.90. The standard InChI is InChI=1S/C25H27N3/c1-24(2,3)25(4)17-15-21(16-18-25)28-22(19-11-7-5-8-12-19)26-27-23(28)20-13-9-6-10-14-20/h5-17H,18H2,1-4H3. The molecule has 1 aliphatic carbocycles. The zero-order chi connectivity index (χ0) is 19.8. The molecule has 1 heterocycles. The van der Waals surface area contributed by atoms with Crippen LogP contribution in [0.25, 0.3) is 28.5 Å². The van der Waals surface area contributed by atoms with E-state index in [1.54, 1.807) is 0 Å². The summed E-state index contributed by atoms with van der Waals surface area (Å²) >= 11 is 0. The van der Waals surface area contributed by atoms with Gasteiger partial charge in [0.05, 0.1) is 0 Å². The molecule has 0 saturated carbocycles. The predicted octanol–water partition coefficient (Wildman–Crippen LogP) is 6.47.